The number of aromatic nitrogens is 3. The first kappa shape index (κ1) is 18.1. The lowest BCUT2D eigenvalue weighted by atomic mass is 9.98. The van der Waals surface area contributed by atoms with Gasteiger partial charge in [-0.2, -0.15) is 5.10 Å². The topological polar surface area (TPSA) is 146 Å². The van der Waals surface area contributed by atoms with Crippen molar-refractivity contribution >= 4 is 23.5 Å². The number of anilines is 1. The number of rotatable bonds is 5. The molecule has 4 amide bonds. The number of nitrogens with two attached hydrogens (primary N) is 1. The van der Waals surface area contributed by atoms with Crippen molar-refractivity contribution in [3.8, 4) is 11.4 Å². The van der Waals surface area contributed by atoms with Gasteiger partial charge in [0, 0.05) is 11.3 Å². The van der Waals surface area contributed by atoms with E-state index in [-0.39, 0.29) is 19.0 Å². The molecule has 2 heterocycles. The number of aromatic amines is 1. The van der Waals surface area contributed by atoms with Gasteiger partial charge in [-0.15, -0.1) is 0 Å². The number of amides is 4. The van der Waals surface area contributed by atoms with Crippen molar-refractivity contribution in [1.29, 1.82) is 0 Å². The molecule has 10 nitrogen and oxygen atoms in total. The summed E-state index contributed by atoms with van der Waals surface area (Å²) >= 11 is 0. The Bertz CT molecular complexity index is 916. The quantitative estimate of drug-likeness (QED) is 0.560. The molecule has 28 heavy (non-hydrogen) atoms. The Morgan fingerprint density at radius 1 is 1.21 bits per heavy atom. The third-order valence-electron chi connectivity index (χ3n) is 5.16. The van der Waals surface area contributed by atoms with Crippen molar-refractivity contribution in [3.05, 3.63) is 30.1 Å². The van der Waals surface area contributed by atoms with Crippen molar-refractivity contribution in [2.75, 3.05) is 11.9 Å². The van der Waals surface area contributed by atoms with Gasteiger partial charge in [0.2, 0.25) is 5.91 Å². The van der Waals surface area contributed by atoms with Gasteiger partial charge in [0.25, 0.3) is 5.91 Å². The Morgan fingerprint density at radius 3 is 2.57 bits per heavy atom. The third kappa shape index (κ3) is 3.22. The van der Waals surface area contributed by atoms with Gasteiger partial charge in [0.1, 0.15) is 17.9 Å². The fraction of sp³-hybridized carbons (Fsp3) is 0.389. The summed E-state index contributed by atoms with van der Waals surface area (Å²) in [5, 5.41) is 12.3. The third-order valence-corrected chi connectivity index (χ3v) is 5.16. The number of H-pyrrole nitrogens is 1. The molecule has 1 aromatic carbocycles. The van der Waals surface area contributed by atoms with Crippen molar-refractivity contribution in [2.24, 2.45) is 5.73 Å². The summed E-state index contributed by atoms with van der Waals surface area (Å²) in [6.45, 7) is -0.0415. The summed E-state index contributed by atoms with van der Waals surface area (Å²) in [6, 6.07) is 6.44. The van der Waals surface area contributed by atoms with Crippen LogP contribution >= 0.6 is 0 Å². The van der Waals surface area contributed by atoms with Crippen LogP contribution in [0.25, 0.3) is 11.4 Å². The average Bonchev–Trinajstić information content (AvgIpc) is 3.40. The summed E-state index contributed by atoms with van der Waals surface area (Å²) in [5.41, 5.74) is 6.02. The molecule has 4 rings (SSSR count). The molecular formula is C18H21N7O3. The molecule has 2 aromatic rings. The molecular weight excluding hydrogens is 362 g/mol. The largest absolute Gasteiger partial charge is 0.325 e. The molecule has 5 N–H and O–H groups in total. The molecule has 1 aliphatic heterocycles. The van der Waals surface area contributed by atoms with Crippen LogP contribution in [-0.2, 0) is 16.1 Å². The summed E-state index contributed by atoms with van der Waals surface area (Å²) < 4.78 is 0. The minimum absolute atomic E-state index is 0.269. The smallest absolute Gasteiger partial charge is 0.325 e. The summed E-state index contributed by atoms with van der Waals surface area (Å²) in [7, 11) is 0. The minimum Gasteiger partial charge on any atom is -0.325 e. The zero-order chi connectivity index (χ0) is 19.7. The maximum atomic E-state index is 12.6. The SMILES string of the molecule is NCc1nc(-c2ccc(NC(=O)CN3C(=O)NC4(CCCC4)C3=O)cc2)n[nH]1. The minimum atomic E-state index is -0.808. The predicted octanol–water partition coefficient (Wildman–Crippen LogP) is 0.733. The molecule has 2 fully saturated rings. The molecule has 0 unspecified atom stereocenters. The highest BCUT2D eigenvalue weighted by atomic mass is 16.2. The lowest BCUT2D eigenvalue weighted by Gasteiger charge is -2.19. The second-order valence-corrected chi connectivity index (χ2v) is 7.05. The van der Waals surface area contributed by atoms with E-state index in [1.165, 1.54) is 0 Å². The Kier molecular flexibility index (Phi) is 4.55. The van der Waals surface area contributed by atoms with Crippen molar-refractivity contribution in [1.82, 2.24) is 25.4 Å². The molecule has 1 saturated heterocycles. The van der Waals surface area contributed by atoms with Crippen molar-refractivity contribution < 1.29 is 14.4 Å². The molecule has 10 heteroatoms. The molecule has 2 aliphatic rings. The van der Waals surface area contributed by atoms with Crippen LogP contribution in [0, 0.1) is 0 Å². The lowest BCUT2D eigenvalue weighted by Crippen LogP contribution is -2.44. The van der Waals surface area contributed by atoms with Crippen LogP contribution < -0.4 is 16.4 Å². The first-order valence-electron chi connectivity index (χ1n) is 9.16. The molecule has 0 atom stereocenters. The van der Waals surface area contributed by atoms with Gasteiger partial charge < -0.3 is 16.4 Å². The van der Waals surface area contributed by atoms with E-state index in [0.29, 0.717) is 30.2 Å². The predicted molar refractivity (Wildman–Crippen MR) is 99.8 cm³/mol. The normalized spacial score (nSPS) is 18.0. The Labute approximate surface area is 160 Å². The Hall–Kier alpha value is -3.27. The first-order chi connectivity index (χ1) is 13.5. The van der Waals surface area contributed by atoms with E-state index in [9.17, 15) is 14.4 Å². The van der Waals surface area contributed by atoms with E-state index in [1.54, 1.807) is 24.3 Å². The molecule has 1 aromatic heterocycles. The number of carbonyl (C=O) groups is 3. The fourth-order valence-corrected chi connectivity index (χ4v) is 3.70. The Balaban J connectivity index is 1.38. The number of nitrogens with zero attached hydrogens (tertiary/aromatic N) is 3. The molecule has 0 bridgehead atoms. The maximum Gasteiger partial charge on any atom is 0.325 e. The van der Waals surface area contributed by atoms with E-state index in [0.717, 1.165) is 23.3 Å². The highest BCUT2D eigenvalue weighted by Gasteiger charge is 2.52. The van der Waals surface area contributed by atoms with E-state index in [4.69, 9.17) is 5.73 Å². The number of imide groups is 1. The number of hydrogen-bond donors (Lipinski definition) is 4. The van der Waals surface area contributed by atoms with Crippen molar-refractivity contribution in [3.63, 3.8) is 0 Å². The fourth-order valence-electron chi connectivity index (χ4n) is 3.70. The number of benzene rings is 1. The molecule has 0 radical (unpaired) electrons. The van der Waals surface area contributed by atoms with Gasteiger partial charge in [0.15, 0.2) is 5.82 Å². The van der Waals surface area contributed by atoms with E-state index in [2.05, 4.69) is 25.8 Å². The van der Waals surface area contributed by atoms with Crippen LogP contribution in [0.3, 0.4) is 0 Å². The highest BCUT2D eigenvalue weighted by Crippen LogP contribution is 2.34. The molecule has 1 aliphatic carbocycles. The van der Waals surface area contributed by atoms with Crippen LogP contribution in [0.2, 0.25) is 0 Å². The standard InChI is InChI=1S/C18H21N7O3/c19-9-13-21-15(24-23-13)11-3-5-12(6-4-11)20-14(26)10-25-16(27)18(22-17(25)28)7-1-2-8-18/h3-6H,1-2,7-10,19H2,(H,20,26)(H,22,28)(H,21,23,24). The molecule has 146 valence electrons. The van der Waals surface area contributed by atoms with Gasteiger partial charge in [-0.1, -0.05) is 12.8 Å². The average molecular weight is 383 g/mol. The monoisotopic (exact) mass is 383 g/mol. The second-order valence-electron chi connectivity index (χ2n) is 7.05. The number of carbonyl (C=O) groups excluding carboxylic acids is 3. The van der Waals surface area contributed by atoms with Crippen LogP contribution in [0.4, 0.5) is 10.5 Å². The van der Waals surface area contributed by atoms with Gasteiger partial charge in [0.05, 0.1) is 6.54 Å². The number of nitrogens with one attached hydrogen (secondary N) is 3. The van der Waals surface area contributed by atoms with E-state index >= 15 is 0 Å². The Morgan fingerprint density at radius 2 is 1.93 bits per heavy atom. The van der Waals surface area contributed by atoms with Crippen LogP contribution in [0.5, 0.6) is 0 Å². The maximum absolute atomic E-state index is 12.6. The second kappa shape index (κ2) is 7.04. The van der Waals surface area contributed by atoms with Gasteiger partial charge in [-0.3, -0.25) is 19.6 Å². The number of hydrogen-bond acceptors (Lipinski definition) is 6. The van der Waals surface area contributed by atoms with Crippen molar-refractivity contribution in [2.45, 2.75) is 37.8 Å². The summed E-state index contributed by atoms with van der Waals surface area (Å²) in [4.78, 5) is 42.3. The van der Waals surface area contributed by atoms with Crippen LogP contribution in [-0.4, -0.2) is 50.0 Å². The van der Waals surface area contributed by atoms with Gasteiger partial charge in [-0.05, 0) is 37.1 Å². The summed E-state index contributed by atoms with van der Waals surface area (Å²) in [5.74, 6) is 0.357. The number of urea groups is 1. The first-order valence-corrected chi connectivity index (χ1v) is 9.16. The summed E-state index contributed by atoms with van der Waals surface area (Å²) in [6.07, 6.45) is 3.06. The zero-order valence-electron chi connectivity index (χ0n) is 15.2. The van der Waals surface area contributed by atoms with Gasteiger partial charge >= 0.3 is 6.03 Å². The zero-order valence-corrected chi connectivity index (χ0v) is 15.2. The van der Waals surface area contributed by atoms with E-state index in [1.807, 2.05) is 0 Å². The molecule has 1 saturated carbocycles. The van der Waals surface area contributed by atoms with Crippen LogP contribution in [0.1, 0.15) is 31.5 Å². The lowest BCUT2D eigenvalue weighted by molar-refractivity contribution is -0.133. The van der Waals surface area contributed by atoms with Gasteiger partial charge in [-0.25, -0.2) is 9.78 Å². The highest BCUT2D eigenvalue weighted by molar-refractivity contribution is 6.10. The van der Waals surface area contributed by atoms with E-state index < -0.39 is 17.5 Å². The van der Waals surface area contributed by atoms with Crippen LogP contribution in [0.15, 0.2) is 24.3 Å². The molecule has 1 spiro atoms.